The Morgan fingerprint density at radius 1 is 1.12 bits per heavy atom. The molecule has 2 saturated heterocycles. The summed E-state index contributed by atoms with van der Waals surface area (Å²) in [5.74, 6) is 0.941. The molecule has 2 aliphatic heterocycles. The van der Waals surface area contributed by atoms with Gasteiger partial charge in [0.15, 0.2) is 0 Å². The molecule has 0 amide bonds. The number of β-amino-alcohol motifs (C(OH)–C–C–N with tert-alkyl or cyclic N) is 1. The number of ether oxygens (including phenoxy) is 2. The fraction of sp³-hybridized carbons (Fsp3) is 0.700. The molecular formula is C20H32N2O3. The topological polar surface area (TPSA) is 45.2 Å². The first kappa shape index (κ1) is 18.6. The van der Waals surface area contributed by atoms with Gasteiger partial charge in [-0.2, -0.15) is 0 Å². The Hall–Kier alpha value is -1.14. The van der Waals surface area contributed by atoms with Crippen LogP contribution in [0.2, 0.25) is 0 Å². The summed E-state index contributed by atoms with van der Waals surface area (Å²) in [5.41, 5.74) is 0.736. The number of nitrogens with zero attached hydrogens (tertiary/aromatic N) is 2. The summed E-state index contributed by atoms with van der Waals surface area (Å²) >= 11 is 0. The quantitative estimate of drug-likeness (QED) is 0.765. The predicted molar refractivity (Wildman–Crippen MR) is 98.9 cm³/mol. The number of morpholine rings is 1. The average Bonchev–Trinajstić information content (AvgIpc) is 2.60. The number of hydrogen-bond donors (Lipinski definition) is 1. The number of likely N-dealkylation sites (tertiary alicyclic amines) is 1. The zero-order valence-electron chi connectivity index (χ0n) is 15.5. The van der Waals surface area contributed by atoms with Gasteiger partial charge in [0.1, 0.15) is 5.75 Å². The van der Waals surface area contributed by atoms with Crippen molar-refractivity contribution in [1.82, 2.24) is 9.80 Å². The first-order valence-electron chi connectivity index (χ1n) is 9.57. The summed E-state index contributed by atoms with van der Waals surface area (Å²) in [5, 5.41) is 10.2. The van der Waals surface area contributed by atoms with Crippen molar-refractivity contribution in [2.75, 3.05) is 52.5 Å². The van der Waals surface area contributed by atoms with Gasteiger partial charge in [-0.25, -0.2) is 0 Å². The molecule has 0 unspecified atom stereocenters. The van der Waals surface area contributed by atoms with Crippen molar-refractivity contribution in [2.45, 2.75) is 38.3 Å². The molecule has 0 bridgehead atoms. The third kappa shape index (κ3) is 6.26. The first-order chi connectivity index (χ1) is 12.1. The number of aliphatic hydroxyl groups is 1. The van der Waals surface area contributed by atoms with E-state index in [1.807, 2.05) is 6.92 Å². The number of rotatable bonds is 7. The van der Waals surface area contributed by atoms with E-state index >= 15 is 0 Å². The second-order valence-corrected chi connectivity index (χ2v) is 7.61. The highest BCUT2D eigenvalue weighted by molar-refractivity contribution is 5.27. The highest BCUT2D eigenvalue weighted by Crippen LogP contribution is 2.22. The zero-order chi connectivity index (χ0) is 17.5. The molecule has 5 heteroatoms. The SMILES string of the molecule is C[C@@]1(O)CCCN(Cc2ccc(OCCCN3CCOCC3)cc2)C1. The van der Waals surface area contributed by atoms with Crippen LogP contribution in [-0.4, -0.2) is 73.1 Å². The van der Waals surface area contributed by atoms with Gasteiger partial charge in [-0.1, -0.05) is 12.1 Å². The van der Waals surface area contributed by atoms with Crippen LogP contribution in [0.3, 0.4) is 0 Å². The Morgan fingerprint density at radius 3 is 2.60 bits per heavy atom. The lowest BCUT2D eigenvalue weighted by molar-refractivity contribution is -0.0181. The number of hydrogen-bond acceptors (Lipinski definition) is 5. The molecule has 1 N–H and O–H groups in total. The van der Waals surface area contributed by atoms with Crippen molar-refractivity contribution in [3.05, 3.63) is 29.8 Å². The van der Waals surface area contributed by atoms with E-state index in [-0.39, 0.29) is 0 Å². The molecule has 0 saturated carbocycles. The maximum Gasteiger partial charge on any atom is 0.119 e. The van der Waals surface area contributed by atoms with E-state index in [9.17, 15) is 5.11 Å². The first-order valence-corrected chi connectivity index (χ1v) is 9.57. The van der Waals surface area contributed by atoms with Crippen LogP contribution in [0.1, 0.15) is 31.7 Å². The molecule has 5 nitrogen and oxygen atoms in total. The zero-order valence-corrected chi connectivity index (χ0v) is 15.5. The van der Waals surface area contributed by atoms with Gasteiger partial charge in [0.2, 0.25) is 0 Å². The molecule has 0 spiro atoms. The largest absolute Gasteiger partial charge is 0.494 e. The Bertz CT molecular complexity index is 512. The lowest BCUT2D eigenvalue weighted by atomic mass is 9.95. The third-order valence-corrected chi connectivity index (χ3v) is 5.07. The van der Waals surface area contributed by atoms with Crippen molar-refractivity contribution >= 4 is 0 Å². The van der Waals surface area contributed by atoms with E-state index in [4.69, 9.17) is 9.47 Å². The summed E-state index contributed by atoms with van der Waals surface area (Å²) in [6, 6.07) is 8.40. The fourth-order valence-electron chi connectivity index (χ4n) is 3.71. The fourth-order valence-corrected chi connectivity index (χ4v) is 3.71. The van der Waals surface area contributed by atoms with E-state index in [0.717, 1.165) is 84.1 Å². The lowest BCUT2D eigenvalue weighted by Crippen LogP contribution is -2.45. The lowest BCUT2D eigenvalue weighted by Gasteiger charge is -2.36. The van der Waals surface area contributed by atoms with Crippen LogP contribution in [0.5, 0.6) is 5.75 Å². The molecule has 2 fully saturated rings. The van der Waals surface area contributed by atoms with Crippen LogP contribution in [0, 0.1) is 0 Å². The van der Waals surface area contributed by atoms with Gasteiger partial charge in [-0.05, 0) is 50.4 Å². The second kappa shape index (κ2) is 8.99. The average molecular weight is 348 g/mol. The maximum absolute atomic E-state index is 10.2. The summed E-state index contributed by atoms with van der Waals surface area (Å²) in [7, 11) is 0. The van der Waals surface area contributed by atoms with Gasteiger partial charge < -0.3 is 14.6 Å². The van der Waals surface area contributed by atoms with E-state index < -0.39 is 5.60 Å². The summed E-state index contributed by atoms with van der Waals surface area (Å²) in [6.45, 7) is 10.3. The molecule has 2 aliphatic rings. The third-order valence-electron chi connectivity index (χ3n) is 5.07. The Balaban J connectivity index is 1.37. The smallest absolute Gasteiger partial charge is 0.119 e. The molecule has 25 heavy (non-hydrogen) atoms. The molecule has 0 radical (unpaired) electrons. The monoisotopic (exact) mass is 348 g/mol. The van der Waals surface area contributed by atoms with Crippen molar-refractivity contribution in [3.63, 3.8) is 0 Å². The van der Waals surface area contributed by atoms with Crippen LogP contribution >= 0.6 is 0 Å². The minimum atomic E-state index is -0.540. The van der Waals surface area contributed by atoms with Crippen molar-refractivity contribution in [3.8, 4) is 5.75 Å². The van der Waals surface area contributed by atoms with E-state index in [1.54, 1.807) is 0 Å². The number of piperidine rings is 1. The summed E-state index contributed by atoms with van der Waals surface area (Å²) in [4.78, 5) is 4.77. The van der Waals surface area contributed by atoms with Gasteiger partial charge in [0.25, 0.3) is 0 Å². The van der Waals surface area contributed by atoms with Crippen LogP contribution in [0.25, 0.3) is 0 Å². The van der Waals surface area contributed by atoms with E-state index in [2.05, 4.69) is 34.1 Å². The van der Waals surface area contributed by atoms with Crippen LogP contribution in [0.4, 0.5) is 0 Å². The molecular weight excluding hydrogens is 316 g/mol. The molecule has 3 rings (SSSR count). The van der Waals surface area contributed by atoms with Crippen LogP contribution < -0.4 is 4.74 Å². The Labute approximate surface area is 151 Å². The predicted octanol–water partition coefficient (Wildman–Crippen LogP) is 2.13. The highest BCUT2D eigenvalue weighted by atomic mass is 16.5. The van der Waals surface area contributed by atoms with Gasteiger partial charge in [0.05, 0.1) is 25.4 Å². The second-order valence-electron chi connectivity index (χ2n) is 7.61. The molecule has 140 valence electrons. The highest BCUT2D eigenvalue weighted by Gasteiger charge is 2.28. The van der Waals surface area contributed by atoms with Crippen molar-refractivity contribution < 1.29 is 14.6 Å². The molecule has 1 aromatic carbocycles. The van der Waals surface area contributed by atoms with Crippen molar-refractivity contribution in [2.24, 2.45) is 0 Å². The number of benzene rings is 1. The van der Waals surface area contributed by atoms with Crippen molar-refractivity contribution in [1.29, 1.82) is 0 Å². The molecule has 1 aromatic rings. The maximum atomic E-state index is 10.2. The molecule has 0 aliphatic carbocycles. The Morgan fingerprint density at radius 2 is 1.88 bits per heavy atom. The minimum absolute atomic E-state index is 0.540. The minimum Gasteiger partial charge on any atom is -0.494 e. The van der Waals surface area contributed by atoms with Crippen LogP contribution in [-0.2, 0) is 11.3 Å². The van der Waals surface area contributed by atoms with Crippen LogP contribution in [0.15, 0.2) is 24.3 Å². The molecule has 0 aromatic heterocycles. The van der Waals surface area contributed by atoms with Gasteiger partial charge in [0, 0.05) is 32.7 Å². The normalized spacial score (nSPS) is 25.8. The van der Waals surface area contributed by atoms with Gasteiger partial charge >= 0.3 is 0 Å². The van der Waals surface area contributed by atoms with E-state index in [0.29, 0.717) is 0 Å². The Kier molecular flexibility index (Phi) is 6.70. The van der Waals surface area contributed by atoms with E-state index in [1.165, 1.54) is 5.56 Å². The summed E-state index contributed by atoms with van der Waals surface area (Å²) in [6.07, 6.45) is 3.02. The molecule has 1 atom stereocenters. The summed E-state index contributed by atoms with van der Waals surface area (Å²) < 4.78 is 11.2. The molecule has 2 heterocycles. The standard InChI is InChI=1S/C20H32N2O3/c1-20(23)8-2-9-22(17-20)16-18-4-6-19(7-5-18)25-13-3-10-21-11-14-24-15-12-21/h4-7,23H,2-3,8-17H2,1H3/t20-/m1/s1. The van der Waals surface area contributed by atoms with Gasteiger partial charge in [-0.3, -0.25) is 9.80 Å². The van der Waals surface area contributed by atoms with Gasteiger partial charge in [-0.15, -0.1) is 0 Å².